The quantitative estimate of drug-likeness (QED) is 0.690. The van der Waals surface area contributed by atoms with Crippen molar-refractivity contribution in [1.82, 2.24) is 4.90 Å². The zero-order valence-electron chi connectivity index (χ0n) is 9.71. The Bertz CT molecular complexity index is 209. The van der Waals surface area contributed by atoms with Crippen molar-refractivity contribution in [1.29, 1.82) is 5.26 Å². The van der Waals surface area contributed by atoms with Gasteiger partial charge in [-0.2, -0.15) is 5.26 Å². The summed E-state index contributed by atoms with van der Waals surface area (Å²) in [5.41, 5.74) is -0.0531. The van der Waals surface area contributed by atoms with Crippen molar-refractivity contribution in [3.8, 4) is 6.07 Å². The van der Waals surface area contributed by atoms with E-state index in [4.69, 9.17) is 5.26 Å². The maximum Gasteiger partial charge on any atom is 0.0687 e. The van der Waals surface area contributed by atoms with E-state index < -0.39 is 0 Å². The molecule has 80 valence electrons. The van der Waals surface area contributed by atoms with Crippen molar-refractivity contribution in [3.63, 3.8) is 0 Å². The van der Waals surface area contributed by atoms with E-state index in [1.165, 1.54) is 12.8 Å². The molecule has 1 saturated heterocycles. The molecule has 0 saturated carbocycles. The van der Waals surface area contributed by atoms with Crippen LogP contribution in [0.2, 0.25) is 0 Å². The van der Waals surface area contributed by atoms with Gasteiger partial charge in [-0.15, -0.1) is 0 Å². The van der Waals surface area contributed by atoms with E-state index in [0.29, 0.717) is 6.04 Å². The van der Waals surface area contributed by atoms with E-state index in [1.54, 1.807) is 0 Å². The minimum absolute atomic E-state index is 0.0531. The smallest absolute Gasteiger partial charge is 0.0687 e. The first-order valence-corrected chi connectivity index (χ1v) is 5.76. The Morgan fingerprint density at radius 3 is 2.43 bits per heavy atom. The summed E-state index contributed by atoms with van der Waals surface area (Å²) in [7, 11) is 0. The third kappa shape index (κ3) is 2.72. The second-order valence-electron chi connectivity index (χ2n) is 4.85. The summed E-state index contributed by atoms with van der Waals surface area (Å²) in [5.74, 6) is 0. The van der Waals surface area contributed by atoms with Crippen LogP contribution in [0.15, 0.2) is 0 Å². The molecule has 0 aromatic heterocycles. The first kappa shape index (κ1) is 11.5. The molecule has 0 N–H and O–H groups in total. The largest absolute Gasteiger partial charge is 0.301 e. The Balaban J connectivity index is 2.40. The van der Waals surface area contributed by atoms with Crippen LogP contribution < -0.4 is 0 Å². The van der Waals surface area contributed by atoms with Crippen molar-refractivity contribution in [2.24, 2.45) is 5.41 Å². The number of rotatable bonds is 3. The van der Waals surface area contributed by atoms with E-state index in [-0.39, 0.29) is 5.41 Å². The zero-order chi connectivity index (χ0) is 10.6. The first-order chi connectivity index (χ1) is 6.61. The van der Waals surface area contributed by atoms with Crippen LogP contribution in [0, 0.1) is 16.7 Å². The minimum Gasteiger partial charge on any atom is -0.301 e. The van der Waals surface area contributed by atoms with Crippen molar-refractivity contribution in [2.45, 2.75) is 52.5 Å². The van der Waals surface area contributed by atoms with Gasteiger partial charge >= 0.3 is 0 Å². The lowest BCUT2D eigenvalue weighted by molar-refractivity contribution is 0.114. The summed E-state index contributed by atoms with van der Waals surface area (Å²) in [4.78, 5) is 2.53. The molecule has 0 spiro atoms. The van der Waals surface area contributed by atoms with Gasteiger partial charge in [0.25, 0.3) is 0 Å². The molecule has 1 unspecified atom stereocenters. The topological polar surface area (TPSA) is 27.0 Å². The molecule has 0 amide bonds. The highest BCUT2D eigenvalue weighted by Gasteiger charge is 2.31. The van der Waals surface area contributed by atoms with Crippen molar-refractivity contribution in [2.75, 3.05) is 13.1 Å². The van der Waals surface area contributed by atoms with Gasteiger partial charge in [0.1, 0.15) is 0 Å². The second-order valence-corrected chi connectivity index (χ2v) is 4.85. The molecule has 0 aromatic carbocycles. The number of likely N-dealkylation sites (tertiary alicyclic amines) is 1. The van der Waals surface area contributed by atoms with Crippen LogP contribution in [0.25, 0.3) is 0 Å². The Kier molecular flexibility index (Phi) is 3.95. The number of nitriles is 1. The van der Waals surface area contributed by atoms with Crippen LogP contribution in [0.3, 0.4) is 0 Å². The average molecular weight is 194 g/mol. The number of piperidine rings is 1. The average Bonchev–Trinajstić information content (AvgIpc) is 2.19. The molecule has 0 aromatic rings. The number of nitrogens with zero attached hydrogens (tertiary/aromatic N) is 2. The van der Waals surface area contributed by atoms with Gasteiger partial charge < -0.3 is 4.90 Å². The Labute approximate surface area is 87.9 Å². The highest BCUT2D eigenvalue weighted by atomic mass is 15.2. The van der Waals surface area contributed by atoms with Gasteiger partial charge in [-0.1, -0.05) is 13.3 Å². The Morgan fingerprint density at radius 1 is 1.43 bits per heavy atom. The van der Waals surface area contributed by atoms with E-state index >= 15 is 0 Å². The predicted octanol–water partition coefficient (Wildman–Crippen LogP) is 2.80. The van der Waals surface area contributed by atoms with Crippen LogP contribution in [-0.4, -0.2) is 24.0 Å². The van der Waals surface area contributed by atoms with Crippen LogP contribution >= 0.6 is 0 Å². The maximum absolute atomic E-state index is 9.01. The summed E-state index contributed by atoms with van der Waals surface area (Å²) in [5, 5.41) is 9.01. The summed E-state index contributed by atoms with van der Waals surface area (Å²) in [6.07, 6.45) is 4.62. The fourth-order valence-corrected chi connectivity index (χ4v) is 2.17. The monoisotopic (exact) mass is 194 g/mol. The van der Waals surface area contributed by atoms with Gasteiger partial charge in [-0.05, 0) is 46.2 Å². The molecule has 14 heavy (non-hydrogen) atoms. The van der Waals surface area contributed by atoms with Gasteiger partial charge in [-0.25, -0.2) is 0 Å². The number of hydrogen-bond acceptors (Lipinski definition) is 2. The molecule has 1 atom stereocenters. The molecular weight excluding hydrogens is 172 g/mol. The zero-order valence-corrected chi connectivity index (χ0v) is 9.71. The first-order valence-electron chi connectivity index (χ1n) is 5.76. The van der Waals surface area contributed by atoms with E-state index in [0.717, 1.165) is 25.9 Å². The Morgan fingerprint density at radius 2 is 2.00 bits per heavy atom. The fraction of sp³-hybridized carbons (Fsp3) is 0.917. The lowest BCUT2D eigenvalue weighted by Crippen LogP contribution is -2.42. The summed E-state index contributed by atoms with van der Waals surface area (Å²) >= 11 is 0. The Hall–Kier alpha value is -0.550. The lowest BCUT2D eigenvalue weighted by Gasteiger charge is -2.38. The van der Waals surface area contributed by atoms with Gasteiger partial charge in [0.2, 0.25) is 0 Å². The highest BCUT2D eigenvalue weighted by Crippen LogP contribution is 2.30. The van der Waals surface area contributed by atoms with Crippen molar-refractivity contribution in [3.05, 3.63) is 0 Å². The van der Waals surface area contributed by atoms with Crippen molar-refractivity contribution < 1.29 is 0 Å². The van der Waals surface area contributed by atoms with Crippen LogP contribution in [-0.2, 0) is 0 Å². The lowest BCUT2D eigenvalue weighted by atomic mass is 9.81. The van der Waals surface area contributed by atoms with Crippen LogP contribution in [0.4, 0.5) is 0 Å². The maximum atomic E-state index is 9.01. The highest BCUT2D eigenvalue weighted by molar-refractivity contribution is 4.99. The molecule has 2 heteroatoms. The molecule has 1 rings (SSSR count). The van der Waals surface area contributed by atoms with Gasteiger partial charge in [-0.3, -0.25) is 0 Å². The van der Waals surface area contributed by atoms with E-state index in [2.05, 4.69) is 31.7 Å². The van der Waals surface area contributed by atoms with Gasteiger partial charge in [0.05, 0.1) is 11.5 Å². The van der Waals surface area contributed by atoms with E-state index in [1.807, 2.05) is 0 Å². The van der Waals surface area contributed by atoms with E-state index in [9.17, 15) is 0 Å². The molecular formula is C12H22N2. The SMILES string of the molecule is CCCC(C)N1CCC(C)(C#N)CC1. The molecule has 2 nitrogen and oxygen atoms in total. The molecule has 1 heterocycles. The van der Waals surface area contributed by atoms with Crippen LogP contribution in [0.1, 0.15) is 46.5 Å². The summed E-state index contributed by atoms with van der Waals surface area (Å²) in [6, 6.07) is 3.14. The van der Waals surface area contributed by atoms with Gasteiger partial charge in [0, 0.05) is 6.04 Å². The molecule has 1 fully saturated rings. The third-order valence-corrected chi connectivity index (χ3v) is 3.50. The third-order valence-electron chi connectivity index (χ3n) is 3.50. The molecule has 1 aliphatic rings. The number of hydrogen-bond donors (Lipinski definition) is 0. The summed E-state index contributed by atoms with van der Waals surface area (Å²) < 4.78 is 0. The predicted molar refractivity (Wildman–Crippen MR) is 58.9 cm³/mol. The standard InChI is InChI=1S/C12H22N2/c1-4-5-11(2)14-8-6-12(3,10-13)7-9-14/h11H,4-9H2,1-3H3. The molecule has 0 bridgehead atoms. The fourth-order valence-electron chi connectivity index (χ4n) is 2.17. The molecule has 0 aliphatic carbocycles. The van der Waals surface area contributed by atoms with Crippen LogP contribution in [0.5, 0.6) is 0 Å². The second kappa shape index (κ2) is 4.79. The molecule has 1 aliphatic heterocycles. The normalized spacial score (nSPS) is 24.1. The van der Waals surface area contributed by atoms with Crippen molar-refractivity contribution >= 4 is 0 Å². The minimum atomic E-state index is -0.0531. The summed E-state index contributed by atoms with van der Waals surface area (Å²) in [6.45, 7) is 8.84. The molecule has 0 radical (unpaired) electrons. The van der Waals surface area contributed by atoms with Gasteiger partial charge in [0.15, 0.2) is 0 Å².